The van der Waals surface area contributed by atoms with Gasteiger partial charge in [0.25, 0.3) is 17.5 Å². The number of rotatable bonds is 5. The van der Waals surface area contributed by atoms with E-state index in [4.69, 9.17) is 4.74 Å². The number of anilines is 2. The van der Waals surface area contributed by atoms with Crippen LogP contribution in [-0.4, -0.2) is 35.2 Å². The fourth-order valence-electron chi connectivity index (χ4n) is 4.16. The number of carbonyl (C=O) groups excluding carboxylic acids is 4. The molecule has 0 N–H and O–H groups in total. The van der Waals surface area contributed by atoms with Crippen molar-refractivity contribution in [1.29, 1.82) is 0 Å². The first-order chi connectivity index (χ1) is 16.8. The van der Waals surface area contributed by atoms with Crippen molar-refractivity contribution in [3.05, 3.63) is 94.0 Å². The minimum absolute atomic E-state index is 0.0526. The molecule has 0 unspecified atom stereocenters. The van der Waals surface area contributed by atoms with Crippen molar-refractivity contribution in [1.82, 2.24) is 0 Å². The molecule has 35 heavy (non-hydrogen) atoms. The number of nitrogens with zero attached hydrogens (tertiary/aromatic N) is 3. The Labute approximate surface area is 198 Å². The first-order valence-electron chi connectivity index (χ1n) is 10.7. The fourth-order valence-corrected chi connectivity index (χ4v) is 4.16. The smallest absolute Gasteiger partial charge is 0.316 e. The third-order valence-electron chi connectivity index (χ3n) is 5.94. The molecule has 10 heteroatoms. The number of ether oxygens (including phenoxy) is 1. The topological polar surface area (TPSA) is 127 Å². The number of esters is 1. The molecule has 5 rings (SSSR count). The molecule has 1 fully saturated rings. The van der Waals surface area contributed by atoms with Crippen LogP contribution in [0.15, 0.2) is 72.8 Å². The Bertz CT molecular complexity index is 1350. The molecular weight excluding hydrogens is 454 g/mol. The molecule has 0 radical (unpaired) electrons. The third-order valence-corrected chi connectivity index (χ3v) is 5.94. The van der Waals surface area contributed by atoms with Crippen LogP contribution in [0.1, 0.15) is 27.1 Å². The van der Waals surface area contributed by atoms with E-state index >= 15 is 0 Å². The highest BCUT2D eigenvalue weighted by Crippen LogP contribution is 2.31. The van der Waals surface area contributed by atoms with Crippen molar-refractivity contribution in [3.63, 3.8) is 0 Å². The van der Waals surface area contributed by atoms with Gasteiger partial charge < -0.3 is 9.64 Å². The summed E-state index contributed by atoms with van der Waals surface area (Å²) in [7, 11) is 0. The normalized spacial score (nSPS) is 17.0. The highest BCUT2D eigenvalue weighted by atomic mass is 16.6. The summed E-state index contributed by atoms with van der Waals surface area (Å²) < 4.78 is 5.42. The number of nitro benzene ring substituents is 1. The van der Waals surface area contributed by atoms with Crippen LogP contribution in [0, 0.1) is 16.0 Å². The molecule has 2 heterocycles. The van der Waals surface area contributed by atoms with E-state index in [0.29, 0.717) is 22.5 Å². The van der Waals surface area contributed by atoms with Crippen LogP contribution < -0.4 is 14.5 Å². The Kier molecular flexibility index (Phi) is 5.33. The lowest BCUT2D eigenvalue weighted by Crippen LogP contribution is -2.29. The van der Waals surface area contributed by atoms with Gasteiger partial charge in [-0.05, 0) is 48.5 Å². The number of hydrogen-bond donors (Lipinski definition) is 0. The van der Waals surface area contributed by atoms with Gasteiger partial charge in [0.2, 0.25) is 5.91 Å². The number of imide groups is 1. The van der Waals surface area contributed by atoms with Crippen LogP contribution in [0.2, 0.25) is 0 Å². The highest BCUT2D eigenvalue weighted by molar-refractivity contribution is 6.34. The van der Waals surface area contributed by atoms with Gasteiger partial charge >= 0.3 is 5.97 Å². The molecule has 2 aliphatic rings. The molecule has 1 saturated heterocycles. The van der Waals surface area contributed by atoms with E-state index in [1.54, 1.807) is 24.3 Å². The second-order valence-electron chi connectivity index (χ2n) is 8.09. The van der Waals surface area contributed by atoms with Crippen molar-refractivity contribution in [2.75, 3.05) is 16.3 Å². The van der Waals surface area contributed by atoms with Crippen molar-refractivity contribution < 1.29 is 28.8 Å². The van der Waals surface area contributed by atoms with Crippen LogP contribution >= 0.6 is 0 Å². The van der Waals surface area contributed by atoms with Crippen LogP contribution in [-0.2, 0) is 9.59 Å². The zero-order valence-electron chi connectivity index (χ0n) is 18.1. The number of nitro groups is 1. The summed E-state index contributed by atoms with van der Waals surface area (Å²) >= 11 is 0. The van der Waals surface area contributed by atoms with Crippen molar-refractivity contribution in [2.45, 2.75) is 6.42 Å². The maximum Gasteiger partial charge on any atom is 0.316 e. The summed E-state index contributed by atoms with van der Waals surface area (Å²) in [5.74, 6) is -2.25. The summed E-state index contributed by atoms with van der Waals surface area (Å²) in [6, 6.07) is 18.0. The molecule has 0 bridgehead atoms. The molecule has 0 aromatic heterocycles. The summed E-state index contributed by atoms with van der Waals surface area (Å²) in [6.07, 6.45) is -0.0526. The standard InChI is InChI=1S/C25H17N3O7/c29-22-13-15(14-26(22)16-5-7-18(8-6-16)28(33)34)25(32)35-19-11-9-17(10-12-19)27-23(30)20-3-1-2-4-21(20)24(27)31/h1-12,15H,13-14H2/t15-/m1/s1. The molecule has 0 aliphatic carbocycles. The first kappa shape index (κ1) is 22.0. The minimum atomic E-state index is -0.714. The third kappa shape index (κ3) is 3.90. The first-order valence-corrected chi connectivity index (χ1v) is 10.7. The van der Waals surface area contributed by atoms with Gasteiger partial charge in [0, 0.05) is 30.8 Å². The molecule has 3 aromatic carbocycles. The van der Waals surface area contributed by atoms with Crippen LogP contribution in [0.4, 0.5) is 17.1 Å². The maximum absolute atomic E-state index is 12.7. The maximum atomic E-state index is 12.7. The van der Waals surface area contributed by atoms with E-state index in [1.807, 2.05) is 0 Å². The second kappa shape index (κ2) is 8.49. The molecule has 2 aliphatic heterocycles. The van der Waals surface area contributed by atoms with Crippen molar-refractivity contribution >= 4 is 40.8 Å². The minimum Gasteiger partial charge on any atom is -0.426 e. The van der Waals surface area contributed by atoms with E-state index < -0.39 is 28.6 Å². The lowest BCUT2D eigenvalue weighted by molar-refractivity contribution is -0.384. The molecule has 174 valence electrons. The number of fused-ring (bicyclic) bond motifs is 1. The lowest BCUT2D eigenvalue weighted by Gasteiger charge is -2.16. The van der Waals surface area contributed by atoms with Gasteiger partial charge in [-0.15, -0.1) is 0 Å². The number of amides is 3. The molecule has 1 atom stereocenters. The van der Waals surface area contributed by atoms with Gasteiger partial charge in [-0.25, -0.2) is 4.90 Å². The van der Waals surface area contributed by atoms with Gasteiger partial charge in [-0.1, -0.05) is 12.1 Å². The summed E-state index contributed by atoms with van der Waals surface area (Å²) in [4.78, 5) is 63.1. The van der Waals surface area contributed by atoms with Crippen LogP contribution in [0.5, 0.6) is 5.75 Å². The Morgan fingerprint density at radius 3 is 2.00 bits per heavy atom. The average molecular weight is 471 g/mol. The number of hydrogen-bond acceptors (Lipinski definition) is 7. The van der Waals surface area contributed by atoms with E-state index in [-0.39, 0.29) is 30.3 Å². The van der Waals surface area contributed by atoms with Gasteiger partial charge in [0.15, 0.2) is 0 Å². The molecule has 10 nitrogen and oxygen atoms in total. The molecule has 0 spiro atoms. The molecular formula is C25H17N3O7. The summed E-state index contributed by atoms with van der Waals surface area (Å²) in [5, 5.41) is 10.8. The zero-order chi connectivity index (χ0) is 24.7. The molecule has 3 amide bonds. The molecule has 3 aromatic rings. The second-order valence-corrected chi connectivity index (χ2v) is 8.09. The van der Waals surface area contributed by atoms with E-state index in [9.17, 15) is 29.3 Å². The summed E-state index contributed by atoms with van der Waals surface area (Å²) in [5.41, 5.74) is 1.37. The quantitative estimate of drug-likeness (QED) is 0.184. The predicted molar refractivity (Wildman–Crippen MR) is 123 cm³/mol. The van der Waals surface area contributed by atoms with Gasteiger partial charge in [-0.2, -0.15) is 0 Å². The van der Waals surface area contributed by atoms with E-state index in [0.717, 1.165) is 4.90 Å². The lowest BCUT2D eigenvalue weighted by atomic mass is 10.1. The SMILES string of the molecule is O=C(Oc1ccc(N2C(=O)c3ccccc3C2=O)cc1)[C@@H]1CC(=O)N(c2ccc([N+](=O)[O-])cc2)C1. The number of benzene rings is 3. The molecule has 0 saturated carbocycles. The van der Waals surface area contributed by atoms with Crippen molar-refractivity contribution in [3.8, 4) is 5.75 Å². The summed E-state index contributed by atoms with van der Waals surface area (Å²) in [6.45, 7) is 0.0859. The number of carbonyl (C=O) groups is 4. The van der Waals surface area contributed by atoms with Crippen LogP contribution in [0.3, 0.4) is 0 Å². The average Bonchev–Trinajstić information content (AvgIpc) is 3.37. The highest BCUT2D eigenvalue weighted by Gasteiger charge is 2.38. The van der Waals surface area contributed by atoms with Crippen molar-refractivity contribution in [2.24, 2.45) is 5.92 Å². The van der Waals surface area contributed by atoms with Gasteiger partial charge in [0.1, 0.15) is 5.75 Å². The van der Waals surface area contributed by atoms with E-state index in [1.165, 1.54) is 53.4 Å². The Morgan fingerprint density at radius 1 is 0.857 bits per heavy atom. The Morgan fingerprint density at radius 2 is 1.43 bits per heavy atom. The fraction of sp³-hybridized carbons (Fsp3) is 0.120. The Balaban J connectivity index is 1.25. The van der Waals surface area contributed by atoms with Gasteiger partial charge in [-0.3, -0.25) is 29.3 Å². The van der Waals surface area contributed by atoms with Gasteiger partial charge in [0.05, 0.1) is 27.7 Å². The number of non-ortho nitro benzene ring substituents is 1. The zero-order valence-corrected chi connectivity index (χ0v) is 18.1. The monoisotopic (exact) mass is 471 g/mol. The van der Waals surface area contributed by atoms with E-state index in [2.05, 4.69) is 0 Å². The van der Waals surface area contributed by atoms with Crippen LogP contribution in [0.25, 0.3) is 0 Å². The Hall–Kier alpha value is -4.86. The predicted octanol–water partition coefficient (Wildman–Crippen LogP) is 3.35. The largest absolute Gasteiger partial charge is 0.426 e.